The van der Waals surface area contributed by atoms with E-state index in [0.717, 1.165) is 0 Å². The quantitative estimate of drug-likeness (QED) is 0.391. The van der Waals surface area contributed by atoms with Crippen LogP contribution in [0.5, 0.6) is 0 Å². The zero-order valence-corrected chi connectivity index (χ0v) is 18.1. The topological polar surface area (TPSA) is 18.5 Å². The van der Waals surface area contributed by atoms with Crippen LogP contribution in [0.3, 0.4) is 0 Å². The van der Waals surface area contributed by atoms with Crippen molar-refractivity contribution < 1.29 is 22.6 Å². The zero-order chi connectivity index (χ0) is 22.7. The van der Waals surface area contributed by atoms with Crippen molar-refractivity contribution in [3.8, 4) is 22.3 Å². The fourth-order valence-electron chi connectivity index (χ4n) is 3.92. The first-order chi connectivity index (χ1) is 15.5. The molecule has 4 rings (SSSR count). The van der Waals surface area contributed by atoms with Crippen LogP contribution < -0.4 is 0 Å². The lowest BCUT2D eigenvalue weighted by Crippen LogP contribution is -2.25. The number of hydrogen-bond donors (Lipinski definition) is 0. The van der Waals surface area contributed by atoms with Crippen LogP contribution in [-0.2, 0) is 15.9 Å². The standard InChI is InChI=1S/C27H25F3O2/c1-3-5-17-15-31-27(32-16-17)21-11-12-22(24(28)14-21)19-6-8-20(9-7-19)23-13-10-18(4-2)25(29)26(23)30/h3,5-14,17,27H,4,15-16H2,1-2H3/b5-3+. The van der Waals surface area contributed by atoms with E-state index in [9.17, 15) is 13.2 Å². The molecule has 0 radical (unpaired) electrons. The van der Waals surface area contributed by atoms with Gasteiger partial charge in [0.05, 0.1) is 13.2 Å². The minimum atomic E-state index is -0.864. The van der Waals surface area contributed by atoms with E-state index in [1.807, 2.05) is 19.1 Å². The zero-order valence-electron chi connectivity index (χ0n) is 18.1. The van der Waals surface area contributed by atoms with E-state index in [1.54, 1.807) is 55.5 Å². The van der Waals surface area contributed by atoms with Gasteiger partial charge in [0.2, 0.25) is 0 Å². The van der Waals surface area contributed by atoms with Crippen LogP contribution in [0.4, 0.5) is 13.2 Å². The summed E-state index contributed by atoms with van der Waals surface area (Å²) in [5, 5.41) is 0. The summed E-state index contributed by atoms with van der Waals surface area (Å²) in [4.78, 5) is 0. The van der Waals surface area contributed by atoms with Crippen molar-refractivity contribution in [3.05, 3.63) is 95.3 Å². The Kier molecular flexibility index (Phi) is 6.77. The van der Waals surface area contributed by atoms with Gasteiger partial charge in [-0.25, -0.2) is 13.2 Å². The number of allylic oxidation sites excluding steroid dienone is 1. The normalized spacial score (nSPS) is 18.9. The highest BCUT2D eigenvalue weighted by Gasteiger charge is 2.23. The minimum absolute atomic E-state index is 0.185. The Labute approximate surface area is 186 Å². The predicted molar refractivity (Wildman–Crippen MR) is 120 cm³/mol. The van der Waals surface area contributed by atoms with Gasteiger partial charge < -0.3 is 9.47 Å². The molecule has 1 heterocycles. The maximum atomic E-state index is 14.9. The second-order valence-electron chi connectivity index (χ2n) is 7.85. The van der Waals surface area contributed by atoms with E-state index in [4.69, 9.17) is 9.47 Å². The summed E-state index contributed by atoms with van der Waals surface area (Å²) in [5.74, 6) is -1.88. The molecule has 0 N–H and O–H groups in total. The molecular weight excluding hydrogens is 413 g/mol. The molecule has 1 aliphatic heterocycles. The van der Waals surface area contributed by atoms with Crippen LogP contribution in [0.1, 0.15) is 31.3 Å². The van der Waals surface area contributed by atoms with Crippen LogP contribution >= 0.6 is 0 Å². The summed E-state index contributed by atoms with van der Waals surface area (Å²) in [6, 6.07) is 14.8. The largest absolute Gasteiger partial charge is 0.348 e. The third kappa shape index (κ3) is 4.50. The van der Waals surface area contributed by atoms with Crippen LogP contribution in [0, 0.1) is 23.4 Å². The first-order valence-electron chi connectivity index (χ1n) is 10.7. The van der Waals surface area contributed by atoms with Gasteiger partial charge in [-0.1, -0.05) is 67.6 Å². The molecule has 0 saturated carbocycles. The van der Waals surface area contributed by atoms with E-state index in [-0.39, 0.29) is 11.5 Å². The SMILES string of the molecule is C/C=C/C1COC(c2ccc(-c3ccc(-c4ccc(CC)c(F)c4F)cc3)c(F)c2)OC1. The van der Waals surface area contributed by atoms with Gasteiger partial charge >= 0.3 is 0 Å². The van der Waals surface area contributed by atoms with Crippen molar-refractivity contribution >= 4 is 0 Å². The molecule has 0 bridgehead atoms. The van der Waals surface area contributed by atoms with Gasteiger partial charge in [0, 0.05) is 22.6 Å². The average molecular weight is 438 g/mol. The summed E-state index contributed by atoms with van der Waals surface area (Å²) in [6.07, 6.45) is 3.82. The minimum Gasteiger partial charge on any atom is -0.348 e. The summed E-state index contributed by atoms with van der Waals surface area (Å²) in [7, 11) is 0. The van der Waals surface area contributed by atoms with Crippen molar-refractivity contribution in [3.63, 3.8) is 0 Å². The second-order valence-corrected chi connectivity index (χ2v) is 7.85. The molecule has 0 amide bonds. The lowest BCUT2D eigenvalue weighted by atomic mass is 9.97. The number of hydrogen-bond acceptors (Lipinski definition) is 2. The van der Waals surface area contributed by atoms with Gasteiger partial charge in [-0.05, 0) is 36.1 Å². The lowest BCUT2D eigenvalue weighted by Gasteiger charge is -2.28. The maximum absolute atomic E-state index is 14.9. The molecule has 3 aromatic rings. The number of rotatable bonds is 5. The number of ether oxygens (including phenoxy) is 2. The molecule has 0 spiro atoms. The Morgan fingerprint density at radius 2 is 1.47 bits per heavy atom. The van der Waals surface area contributed by atoms with Gasteiger partial charge in [0.1, 0.15) is 5.82 Å². The monoisotopic (exact) mass is 438 g/mol. The van der Waals surface area contributed by atoms with Crippen LogP contribution in [0.2, 0.25) is 0 Å². The van der Waals surface area contributed by atoms with Crippen LogP contribution in [0.25, 0.3) is 22.3 Å². The van der Waals surface area contributed by atoms with Crippen molar-refractivity contribution in [2.75, 3.05) is 13.2 Å². The second kappa shape index (κ2) is 9.72. The molecule has 1 fully saturated rings. The van der Waals surface area contributed by atoms with Gasteiger partial charge in [-0.2, -0.15) is 0 Å². The van der Waals surface area contributed by atoms with Crippen molar-refractivity contribution in [2.45, 2.75) is 26.6 Å². The van der Waals surface area contributed by atoms with Crippen molar-refractivity contribution in [2.24, 2.45) is 5.92 Å². The molecular formula is C27H25F3O2. The smallest absolute Gasteiger partial charge is 0.183 e. The number of halogens is 3. The Morgan fingerprint density at radius 3 is 2.06 bits per heavy atom. The third-order valence-electron chi connectivity index (χ3n) is 5.70. The average Bonchev–Trinajstić information content (AvgIpc) is 2.82. The van der Waals surface area contributed by atoms with E-state index in [1.165, 1.54) is 6.07 Å². The van der Waals surface area contributed by atoms with Crippen molar-refractivity contribution in [1.29, 1.82) is 0 Å². The molecule has 32 heavy (non-hydrogen) atoms. The van der Waals surface area contributed by atoms with Gasteiger partial charge in [0.25, 0.3) is 0 Å². The number of aryl methyl sites for hydroxylation is 1. The highest BCUT2D eigenvalue weighted by molar-refractivity contribution is 5.71. The first-order valence-corrected chi connectivity index (χ1v) is 10.7. The van der Waals surface area contributed by atoms with E-state index < -0.39 is 23.7 Å². The third-order valence-corrected chi connectivity index (χ3v) is 5.70. The molecule has 3 aromatic carbocycles. The summed E-state index contributed by atoms with van der Waals surface area (Å²) >= 11 is 0. The molecule has 0 aromatic heterocycles. The Morgan fingerprint density at radius 1 is 0.844 bits per heavy atom. The fraction of sp³-hybridized carbons (Fsp3) is 0.259. The van der Waals surface area contributed by atoms with E-state index in [0.29, 0.717) is 47.5 Å². The van der Waals surface area contributed by atoms with Crippen LogP contribution in [0.15, 0.2) is 66.7 Å². The molecule has 0 unspecified atom stereocenters. The Balaban J connectivity index is 1.53. The molecule has 5 heteroatoms. The van der Waals surface area contributed by atoms with E-state index in [2.05, 4.69) is 0 Å². The molecule has 1 saturated heterocycles. The van der Waals surface area contributed by atoms with Gasteiger partial charge in [-0.3, -0.25) is 0 Å². The summed E-state index contributed by atoms with van der Waals surface area (Å²) in [5.41, 5.74) is 2.73. The highest BCUT2D eigenvalue weighted by atomic mass is 19.2. The predicted octanol–water partition coefficient (Wildman–Crippen LogP) is 7.24. The maximum Gasteiger partial charge on any atom is 0.183 e. The molecule has 2 nitrogen and oxygen atoms in total. The summed E-state index contributed by atoms with van der Waals surface area (Å²) in [6.45, 7) is 4.77. The molecule has 0 atom stereocenters. The van der Waals surface area contributed by atoms with Gasteiger partial charge in [0.15, 0.2) is 17.9 Å². The lowest BCUT2D eigenvalue weighted by molar-refractivity contribution is -0.197. The highest BCUT2D eigenvalue weighted by Crippen LogP contribution is 2.32. The van der Waals surface area contributed by atoms with Crippen molar-refractivity contribution in [1.82, 2.24) is 0 Å². The Hall–Kier alpha value is -2.89. The summed E-state index contributed by atoms with van der Waals surface area (Å²) < 4.78 is 54.9. The molecule has 166 valence electrons. The Bertz CT molecular complexity index is 1110. The first kappa shape index (κ1) is 22.3. The number of benzene rings is 3. The van der Waals surface area contributed by atoms with E-state index >= 15 is 0 Å². The van der Waals surface area contributed by atoms with Crippen LogP contribution in [-0.4, -0.2) is 13.2 Å². The van der Waals surface area contributed by atoms with Gasteiger partial charge in [-0.15, -0.1) is 0 Å². The fourth-order valence-corrected chi connectivity index (χ4v) is 3.92. The molecule has 1 aliphatic rings. The molecule has 0 aliphatic carbocycles.